The summed E-state index contributed by atoms with van der Waals surface area (Å²) in [4.78, 5) is 4.66. The van der Waals surface area contributed by atoms with E-state index >= 15 is 0 Å². The molecule has 2 N–H and O–H groups in total. The van der Waals surface area contributed by atoms with Crippen molar-refractivity contribution in [1.82, 2.24) is 10.6 Å². The minimum Gasteiger partial charge on any atom is -0.489 e. The minimum absolute atomic E-state index is 0.473. The average molecular weight is 357 g/mol. The fraction of sp³-hybridized carbons (Fsp3) is 0.350. The standard InChI is InChI=1S/C20H27N3O3/c1-3-13-26-19-9-5-4-7-17(19)16-23-20(22-12-15-24-2)21-11-10-18-8-6-14-25-18/h3-9,14H,1,10-13,15-16H2,2H3,(H2,21,22,23). The highest BCUT2D eigenvalue weighted by molar-refractivity contribution is 5.79. The van der Waals surface area contributed by atoms with Crippen LogP contribution >= 0.6 is 0 Å². The van der Waals surface area contributed by atoms with E-state index in [1.807, 2.05) is 36.4 Å². The van der Waals surface area contributed by atoms with Crippen molar-refractivity contribution in [2.45, 2.75) is 13.0 Å². The molecule has 2 aromatic rings. The van der Waals surface area contributed by atoms with E-state index < -0.39 is 0 Å². The summed E-state index contributed by atoms with van der Waals surface area (Å²) < 4.78 is 16.1. The van der Waals surface area contributed by atoms with Crippen molar-refractivity contribution in [3.8, 4) is 5.75 Å². The first-order valence-corrected chi connectivity index (χ1v) is 8.68. The van der Waals surface area contributed by atoms with E-state index in [1.54, 1.807) is 19.4 Å². The van der Waals surface area contributed by atoms with E-state index in [2.05, 4.69) is 22.2 Å². The van der Waals surface area contributed by atoms with Gasteiger partial charge in [0.25, 0.3) is 0 Å². The zero-order valence-corrected chi connectivity index (χ0v) is 15.2. The quantitative estimate of drug-likeness (QED) is 0.280. The Morgan fingerprint density at radius 3 is 2.81 bits per heavy atom. The predicted molar refractivity (Wildman–Crippen MR) is 104 cm³/mol. The summed E-state index contributed by atoms with van der Waals surface area (Å²) in [6, 6.07) is 11.7. The Kier molecular flexibility index (Phi) is 8.86. The lowest BCUT2D eigenvalue weighted by Gasteiger charge is -2.13. The Balaban J connectivity index is 1.95. The summed E-state index contributed by atoms with van der Waals surface area (Å²) >= 11 is 0. The highest BCUT2D eigenvalue weighted by Gasteiger charge is 2.04. The lowest BCUT2D eigenvalue weighted by atomic mass is 10.2. The topological polar surface area (TPSA) is 68.0 Å². The van der Waals surface area contributed by atoms with E-state index in [4.69, 9.17) is 13.9 Å². The van der Waals surface area contributed by atoms with Crippen molar-refractivity contribution < 1.29 is 13.9 Å². The molecule has 0 aliphatic carbocycles. The van der Waals surface area contributed by atoms with E-state index in [1.165, 1.54) is 0 Å². The number of nitrogens with one attached hydrogen (secondary N) is 2. The second-order valence-electron chi connectivity index (χ2n) is 5.55. The molecule has 0 fully saturated rings. The van der Waals surface area contributed by atoms with Gasteiger partial charge in [0.05, 0.1) is 19.4 Å². The van der Waals surface area contributed by atoms with Crippen LogP contribution in [-0.2, 0) is 17.7 Å². The van der Waals surface area contributed by atoms with Crippen LogP contribution in [0.3, 0.4) is 0 Å². The van der Waals surface area contributed by atoms with Crippen LogP contribution in [0.1, 0.15) is 11.3 Å². The van der Waals surface area contributed by atoms with Crippen molar-refractivity contribution in [2.75, 3.05) is 33.4 Å². The number of nitrogens with zero attached hydrogens (tertiary/aromatic N) is 1. The molecule has 1 heterocycles. The summed E-state index contributed by atoms with van der Waals surface area (Å²) in [6.07, 6.45) is 4.20. The van der Waals surface area contributed by atoms with Crippen LogP contribution in [-0.4, -0.2) is 39.4 Å². The highest BCUT2D eigenvalue weighted by atomic mass is 16.5. The van der Waals surface area contributed by atoms with Gasteiger partial charge in [0.1, 0.15) is 18.1 Å². The number of rotatable bonds is 11. The zero-order chi connectivity index (χ0) is 18.5. The number of hydrogen-bond donors (Lipinski definition) is 2. The van der Waals surface area contributed by atoms with Crippen LogP contribution in [0.15, 0.2) is 64.7 Å². The van der Waals surface area contributed by atoms with Crippen LogP contribution in [0.2, 0.25) is 0 Å². The molecule has 0 aliphatic heterocycles. The smallest absolute Gasteiger partial charge is 0.191 e. The molecule has 6 nitrogen and oxygen atoms in total. The summed E-state index contributed by atoms with van der Waals surface area (Å²) in [5.41, 5.74) is 1.02. The van der Waals surface area contributed by atoms with Gasteiger partial charge in [-0.3, -0.25) is 0 Å². The van der Waals surface area contributed by atoms with Crippen molar-refractivity contribution in [1.29, 1.82) is 0 Å². The number of para-hydroxylation sites is 1. The summed E-state index contributed by atoms with van der Waals surface area (Å²) in [5.74, 6) is 2.49. The Morgan fingerprint density at radius 1 is 1.19 bits per heavy atom. The van der Waals surface area contributed by atoms with E-state index in [0.29, 0.717) is 26.3 Å². The molecule has 140 valence electrons. The molecule has 0 saturated carbocycles. The fourth-order valence-electron chi connectivity index (χ4n) is 2.29. The average Bonchev–Trinajstić information content (AvgIpc) is 3.18. The van der Waals surface area contributed by atoms with Gasteiger partial charge >= 0.3 is 0 Å². The van der Waals surface area contributed by atoms with Gasteiger partial charge in [0.15, 0.2) is 5.96 Å². The molecule has 6 heteroatoms. The van der Waals surface area contributed by atoms with Gasteiger partial charge in [-0.05, 0) is 18.2 Å². The molecule has 1 aromatic heterocycles. The lowest BCUT2D eigenvalue weighted by Crippen LogP contribution is -2.40. The van der Waals surface area contributed by atoms with Crippen LogP contribution in [0, 0.1) is 0 Å². The summed E-state index contributed by atoms with van der Waals surface area (Å²) in [7, 11) is 1.68. The number of benzene rings is 1. The lowest BCUT2D eigenvalue weighted by molar-refractivity contribution is 0.203. The number of aliphatic imine (C=N–C) groups is 1. The Bertz CT molecular complexity index is 669. The van der Waals surface area contributed by atoms with Gasteiger partial charge in [-0.2, -0.15) is 0 Å². The third-order valence-corrected chi connectivity index (χ3v) is 3.58. The first-order chi connectivity index (χ1) is 12.8. The van der Waals surface area contributed by atoms with Crippen LogP contribution < -0.4 is 15.4 Å². The largest absolute Gasteiger partial charge is 0.489 e. The van der Waals surface area contributed by atoms with Crippen LogP contribution in [0.4, 0.5) is 0 Å². The van der Waals surface area contributed by atoms with Crippen molar-refractivity contribution in [2.24, 2.45) is 4.99 Å². The number of guanidine groups is 1. The molecule has 0 saturated heterocycles. The first kappa shape index (κ1) is 19.6. The minimum atomic E-state index is 0.473. The van der Waals surface area contributed by atoms with Crippen molar-refractivity contribution in [3.05, 3.63) is 66.6 Å². The molecule has 0 unspecified atom stereocenters. The maximum atomic E-state index is 5.69. The second-order valence-corrected chi connectivity index (χ2v) is 5.55. The highest BCUT2D eigenvalue weighted by Crippen LogP contribution is 2.18. The number of methoxy groups -OCH3 is 1. The van der Waals surface area contributed by atoms with Gasteiger partial charge in [0, 0.05) is 32.2 Å². The summed E-state index contributed by atoms with van der Waals surface area (Å²) in [6.45, 7) is 6.68. The molecule has 0 amide bonds. The predicted octanol–water partition coefficient (Wildman–Crippen LogP) is 2.77. The third-order valence-electron chi connectivity index (χ3n) is 3.58. The molecule has 1 aromatic carbocycles. The first-order valence-electron chi connectivity index (χ1n) is 8.68. The van der Waals surface area contributed by atoms with Crippen LogP contribution in [0.25, 0.3) is 0 Å². The molecule has 0 bridgehead atoms. The molecule has 0 radical (unpaired) electrons. The van der Waals surface area contributed by atoms with Gasteiger partial charge < -0.3 is 24.5 Å². The van der Waals surface area contributed by atoms with E-state index in [9.17, 15) is 0 Å². The molecule has 26 heavy (non-hydrogen) atoms. The molecule has 0 spiro atoms. The van der Waals surface area contributed by atoms with Crippen molar-refractivity contribution in [3.63, 3.8) is 0 Å². The Labute approximate surface area is 154 Å². The maximum Gasteiger partial charge on any atom is 0.191 e. The molecule has 2 rings (SSSR count). The van der Waals surface area contributed by atoms with E-state index in [-0.39, 0.29) is 0 Å². The number of ether oxygens (including phenoxy) is 2. The van der Waals surface area contributed by atoms with Gasteiger partial charge in [0.2, 0.25) is 0 Å². The Hall–Kier alpha value is -2.73. The van der Waals surface area contributed by atoms with Crippen LogP contribution in [0.5, 0.6) is 5.75 Å². The van der Waals surface area contributed by atoms with E-state index in [0.717, 1.165) is 36.0 Å². The third kappa shape index (κ3) is 7.03. The SMILES string of the molecule is C=CCOc1ccccc1CN=C(NCCOC)NCCc1ccco1. The zero-order valence-electron chi connectivity index (χ0n) is 15.2. The number of hydrogen-bond acceptors (Lipinski definition) is 4. The van der Waals surface area contributed by atoms with Gasteiger partial charge in [-0.1, -0.05) is 30.9 Å². The maximum absolute atomic E-state index is 5.69. The second kappa shape index (κ2) is 11.8. The normalized spacial score (nSPS) is 11.2. The summed E-state index contributed by atoms with van der Waals surface area (Å²) in [5, 5.41) is 6.58. The van der Waals surface area contributed by atoms with Crippen molar-refractivity contribution >= 4 is 5.96 Å². The number of furan rings is 1. The molecular weight excluding hydrogens is 330 g/mol. The van der Waals surface area contributed by atoms with Gasteiger partial charge in [-0.15, -0.1) is 0 Å². The fourth-order valence-corrected chi connectivity index (χ4v) is 2.29. The molecule has 0 aliphatic rings. The molecular formula is C20H27N3O3. The molecule has 0 atom stereocenters. The van der Waals surface area contributed by atoms with Gasteiger partial charge in [-0.25, -0.2) is 4.99 Å². The monoisotopic (exact) mass is 357 g/mol. The Morgan fingerprint density at radius 2 is 2.04 bits per heavy atom.